The zero-order chi connectivity index (χ0) is 22.1. The van der Waals surface area contributed by atoms with E-state index in [0.717, 1.165) is 24.1 Å². The molecule has 1 fully saturated rings. The second kappa shape index (κ2) is 8.42. The van der Waals surface area contributed by atoms with Gasteiger partial charge in [-0.05, 0) is 38.8 Å². The van der Waals surface area contributed by atoms with Crippen LogP contribution in [0.15, 0.2) is 67.3 Å². The average Bonchev–Trinajstić information content (AvgIpc) is 3.22. The lowest BCUT2D eigenvalue weighted by Gasteiger charge is -2.38. The van der Waals surface area contributed by atoms with Crippen molar-refractivity contribution in [3.63, 3.8) is 0 Å². The number of hydrogen-bond donors (Lipinski definition) is 0. The first kappa shape index (κ1) is 20.2. The van der Waals surface area contributed by atoms with E-state index in [1.165, 1.54) is 0 Å². The molecule has 1 saturated heterocycles. The molecule has 32 heavy (non-hydrogen) atoms. The number of piperidine rings is 1. The Morgan fingerprint density at radius 2 is 1.91 bits per heavy atom. The molecule has 2 atom stereocenters. The van der Waals surface area contributed by atoms with E-state index >= 15 is 0 Å². The van der Waals surface area contributed by atoms with E-state index in [4.69, 9.17) is 4.74 Å². The second-order valence-electron chi connectivity index (χ2n) is 8.23. The van der Waals surface area contributed by atoms with Crippen molar-refractivity contribution >= 4 is 11.6 Å². The molecular weight excluding hydrogens is 402 g/mol. The van der Waals surface area contributed by atoms with Gasteiger partial charge < -0.3 is 14.0 Å². The van der Waals surface area contributed by atoms with Gasteiger partial charge in [-0.2, -0.15) is 0 Å². The van der Waals surface area contributed by atoms with Crippen LogP contribution in [0.2, 0.25) is 0 Å². The number of likely N-dealkylation sites (tertiary alicyclic amines) is 1. The first-order chi connectivity index (χ1) is 15.6. The smallest absolute Gasteiger partial charge is 0.258 e. The lowest BCUT2D eigenvalue weighted by atomic mass is 9.98. The molecule has 0 bridgehead atoms. The van der Waals surface area contributed by atoms with Gasteiger partial charge in [0, 0.05) is 36.4 Å². The molecule has 0 spiro atoms. The number of aromatic nitrogens is 4. The molecule has 1 aliphatic heterocycles. The van der Waals surface area contributed by atoms with Crippen molar-refractivity contribution in [1.29, 1.82) is 0 Å². The zero-order valence-corrected chi connectivity index (χ0v) is 18.2. The van der Waals surface area contributed by atoms with Crippen LogP contribution >= 0.6 is 0 Å². The first-order valence-electron chi connectivity index (χ1n) is 10.9. The molecule has 0 N–H and O–H groups in total. The van der Waals surface area contributed by atoms with Crippen LogP contribution in [0.25, 0.3) is 16.9 Å². The summed E-state index contributed by atoms with van der Waals surface area (Å²) in [6, 6.07) is 13.6. The SMILES string of the molecule is Cc1cn2ccnc(O[C@@H]3CC[C@@H](C)N(C(=O)c4cccnc4-c4ccccc4)C3)c2n1. The van der Waals surface area contributed by atoms with Crippen molar-refractivity contribution in [2.75, 3.05) is 6.54 Å². The number of imidazole rings is 1. The molecular formula is C25H25N5O2. The van der Waals surface area contributed by atoms with E-state index in [2.05, 4.69) is 21.9 Å². The van der Waals surface area contributed by atoms with Gasteiger partial charge in [-0.15, -0.1) is 0 Å². The van der Waals surface area contributed by atoms with Gasteiger partial charge in [0.15, 0.2) is 0 Å². The highest BCUT2D eigenvalue weighted by Gasteiger charge is 2.32. The Balaban J connectivity index is 1.40. The largest absolute Gasteiger partial charge is 0.470 e. The summed E-state index contributed by atoms with van der Waals surface area (Å²) in [6.45, 7) is 4.52. The van der Waals surface area contributed by atoms with E-state index in [-0.39, 0.29) is 18.1 Å². The number of hydrogen-bond acceptors (Lipinski definition) is 5. The van der Waals surface area contributed by atoms with Crippen molar-refractivity contribution < 1.29 is 9.53 Å². The van der Waals surface area contributed by atoms with Crippen molar-refractivity contribution in [2.24, 2.45) is 0 Å². The Morgan fingerprint density at radius 1 is 1.06 bits per heavy atom. The lowest BCUT2D eigenvalue weighted by molar-refractivity contribution is 0.0376. The Labute approximate surface area is 186 Å². The van der Waals surface area contributed by atoms with Crippen LogP contribution < -0.4 is 4.74 Å². The molecule has 1 amide bonds. The number of ether oxygens (including phenoxy) is 1. The highest BCUT2D eigenvalue weighted by molar-refractivity contribution is 6.00. The molecule has 1 aliphatic rings. The van der Waals surface area contributed by atoms with E-state index in [9.17, 15) is 4.79 Å². The summed E-state index contributed by atoms with van der Waals surface area (Å²) in [5, 5.41) is 0. The number of rotatable bonds is 4. The van der Waals surface area contributed by atoms with Gasteiger partial charge in [0.25, 0.3) is 11.8 Å². The molecule has 4 heterocycles. The number of benzene rings is 1. The van der Waals surface area contributed by atoms with Gasteiger partial charge in [-0.25, -0.2) is 9.97 Å². The third-order valence-corrected chi connectivity index (χ3v) is 5.93. The zero-order valence-electron chi connectivity index (χ0n) is 18.2. The minimum Gasteiger partial charge on any atom is -0.470 e. The molecule has 0 aliphatic carbocycles. The lowest BCUT2D eigenvalue weighted by Crippen LogP contribution is -2.49. The number of amides is 1. The maximum atomic E-state index is 13.6. The molecule has 3 aromatic heterocycles. The van der Waals surface area contributed by atoms with Gasteiger partial charge in [-0.1, -0.05) is 30.3 Å². The number of carbonyl (C=O) groups excluding carboxylic acids is 1. The molecule has 1 aromatic carbocycles. The minimum atomic E-state index is -0.150. The number of fused-ring (bicyclic) bond motifs is 1. The minimum absolute atomic E-state index is 0.0272. The number of nitrogens with zero attached hydrogens (tertiary/aromatic N) is 5. The molecule has 4 aromatic rings. The standard InChI is InChI=1S/C25H25N5O2/c1-17-15-29-14-13-27-24(23(29)28-17)32-20-11-10-18(2)30(16-20)25(31)21-9-6-12-26-22(21)19-7-4-3-5-8-19/h3-9,12-15,18,20H,10-11,16H2,1-2H3/t18-,20-/m1/s1. The van der Waals surface area contributed by atoms with Gasteiger partial charge in [0.2, 0.25) is 5.65 Å². The highest BCUT2D eigenvalue weighted by atomic mass is 16.5. The van der Waals surface area contributed by atoms with E-state index in [1.54, 1.807) is 12.4 Å². The van der Waals surface area contributed by atoms with E-state index in [0.29, 0.717) is 29.3 Å². The summed E-state index contributed by atoms with van der Waals surface area (Å²) in [6.07, 6.45) is 8.79. The van der Waals surface area contributed by atoms with Gasteiger partial charge in [0.05, 0.1) is 23.5 Å². The molecule has 0 radical (unpaired) electrons. The fourth-order valence-corrected chi connectivity index (χ4v) is 4.27. The van der Waals surface area contributed by atoms with Crippen LogP contribution in [0.3, 0.4) is 0 Å². The van der Waals surface area contributed by atoms with Crippen LogP contribution in [0.5, 0.6) is 5.88 Å². The van der Waals surface area contributed by atoms with E-state index < -0.39 is 0 Å². The topological polar surface area (TPSA) is 72.6 Å². The average molecular weight is 428 g/mol. The Hall–Kier alpha value is -3.74. The van der Waals surface area contributed by atoms with Gasteiger partial charge >= 0.3 is 0 Å². The normalized spacial score (nSPS) is 18.6. The van der Waals surface area contributed by atoms with Crippen molar-refractivity contribution in [3.05, 3.63) is 78.5 Å². The summed E-state index contributed by atoms with van der Waals surface area (Å²) in [7, 11) is 0. The summed E-state index contributed by atoms with van der Waals surface area (Å²) in [5.41, 5.74) is 3.84. The maximum absolute atomic E-state index is 13.6. The maximum Gasteiger partial charge on any atom is 0.258 e. The van der Waals surface area contributed by atoms with Crippen LogP contribution in [0, 0.1) is 6.92 Å². The fraction of sp³-hybridized carbons (Fsp3) is 0.280. The summed E-state index contributed by atoms with van der Waals surface area (Å²) in [5.74, 6) is 0.472. The van der Waals surface area contributed by atoms with Gasteiger partial charge in [-0.3, -0.25) is 9.78 Å². The molecule has 0 unspecified atom stereocenters. The van der Waals surface area contributed by atoms with E-state index in [1.807, 2.05) is 71.1 Å². The predicted octanol–water partition coefficient (Wildman–Crippen LogP) is 4.17. The fourth-order valence-electron chi connectivity index (χ4n) is 4.27. The summed E-state index contributed by atoms with van der Waals surface area (Å²) >= 11 is 0. The molecule has 7 heteroatoms. The quantitative estimate of drug-likeness (QED) is 0.489. The Kier molecular flexibility index (Phi) is 5.31. The number of pyridine rings is 1. The highest BCUT2D eigenvalue weighted by Crippen LogP contribution is 2.27. The molecule has 162 valence electrons. The third kappa shape index (κ3) is 3.82. The van der Waals surface area contributed by atoms with Crippen LogP contribution in [0.1, 0.15) is 35.8 Å². The Bertz CT molecular complexity index is 1250. The van der Waals surface area contributed by atoms with Crippen LogP contribution in [-0.4, -0.2) is 48.9 Å². The van der Waals surface area contributed by atoms with Gasteiger partial charge in [0.1, 0.15) is 6.10 Å². The number of aryl methyl sites for hydroxylation is 1. The second-order valence-corrected chi connectivity index (χ2v) is 8.23. The van der Waals surface area contributed by atoms with Crippen molar-refractivity contribution in [3.8, 4) is 17.1 Å². The molecule has 7 nitrogen and oxygen atoms in total. The predicted molar refractivity (Wildman–Crippen MR) is 122 cm³/mol. The van der Waals surface area contributed by atoms with Crippen LogP contribution in [0.4, 0.5) is 0 Å². The first-order valence-corrected chi connectivity index (χ1v) is 10.9. The van der Waals surface area contributed by atoms with Crippen molar-refractivity contribution in [1.82, 2.24) is 24.3 Å². The van der Waals surface area contributed by atoms with Crippen LogP contribution in [-0.2, 0) is 0 Å². The number of carbonyl (C=O) groups is 1. The summed E-state index contributed by atoms with van der Waals surface area (Å²) < 4.78 is 8.17. The Morgan fingerprint density at radius 3 is 2.75 bits per heavy atom. The van der Waals surface area contributed by atoms with Crippen molar-refractivity contribution in [2.45, 2.75) is 38.8 Å². The molecule has 5 rings (SSSR count). The molecule has 0 saturated carbocycles. The third-order valence-electron chi connectivity index (χ3n) is 5.93. The monoisotopic (exact) mass is 427 g/mol. The summed E-state index contributed by atoms with van der Waals surface area (Å²) in [4.78, 5) is 29.0.